The molecule has 0 saturated heterocycles. The lowest BCUT2D eigenvalue weighted by molar-refractivity contribution is -0.714. The topological polar surface area (TPSA) is 81.8 Å². The Bertz CT molecular complexity index is 269. The number of hydrogen-bond acceptors (Lipinski definition) is 5. The second kappa shape index (κ2) is 8.97. The minimum atomic E-state index is -0.813. The van der Waals surface area contributed by atoms with Crippen molar-refractivity contribution in [3.8, 4) is 5.75 Å². The van der Waals surface area contributed by atoms with E-state index < -0.39 is 5.09 Å². The molecule has 1 aromatic rings. The number of aliphatic hydroxyl groups excluding tert-OH is 1. The van der Waals surface area contributed by atoms with Gasteiger partial charge in [0, 0.05) is 0 Å². The van der Waals surface area contributed by atoms with E-state index in [0.717, 1.165) is 5.75 Å². The highest BCUT2D eigenvalue weighted by Crippen LogP contribution is 2.06. The number of rotatable bonds is 4. The Morgan fingerprint density at radius 3 is 2.33 bits per heavy atom. The monoisotopic (exact) mass is 231 g/mol. The summed E-state index contributed by atoms with van der Waals surface area (Å²) in [6, 6.07) is 9.43. The zero-order chi connectivity index (χ0) is 11.5. The van der Waals surface area contributed by atoms with E-state index in [9.17, 15) is 0 Å². The van der Waals surface area contributed by atoms with Crippen LogP contribution in [0.1, 0.15) is 0 Å². The molecule has 7 heteroatoms. The normalized spacial score (nSPS) is 8.60. The van der Waals surface area contributed by atoms with Gasteiger partial charge in [0.1, 0.15) is 12.4 Å². The Balaban J connectivity index is 0.000000336. The molecule has 0 saturated carbocycles. The third-order valence-electron chi connectivity index (χ3n) is 1.25. The summed E-state index contributed by atoms with van der Waals surface area (Å²) in [5, 5.41) is 16.6. The zero-order valence-electron chi connectivity index (χ0n) is 8.33. The number of para-hydroxylation sites is 1. The first-order valence-electron chi connectivity index (χ1n) is 4.18. The van der Waals surface area contributed by atoms with Crippen molar-refractivity contribution in [2.75, 3.05) is 13.2 Å². The molecule has 0 unspecified atom stereocenters. The molecule has 1 aromatic carbocycles. The predicted octanol–water partition coefficient (Wildman–Crippen LogP) is -0.467. The molecule has 0 heterocycles. The first-order valence-corrected chi connectivity index (χ1v) is 4.99. The maximum Gasteiger partial charge on any atom is 0.283 e. The molecule has 0 aromatic heterocycles. The highest BCUT2D eigenvalue weighted by molar-refractivity contribution is 5.97. The van der Waals surface area contributed by atoms with Gasteiger partial charge in [0.2, 0.25) is 10.5 Å². The van der Waals surface area contributed by atoms with Gasteiger partial charge in [-0.2, -0.15) is 0 Å². The molecule has 15 heavy (non-hydrogen) atoms. The van der Waals surface area contributed by atoms with Gasteiger partial charge < -0.3 is 14.4 Å². The highest BCUT2D eigenvalue weighted by Gasteiger charge is 1.87. The summed E-state index contributed by atoms with van der Waals surface area (Å²) in [6.45, 7) is 0.429. The van der Waals surface area contributed by atoms with Crippen LogP contribution in [0, 0.1) is 10.1 Å². The standard InChI is InChI=1S/C8H10O2.H3NO3Si/c9-6-7-10-8-4-2-1-3-5-8;2-1(3)4-5/h1-5,9H,6-7H2;5H3. The van der Waals surface area contributed by atoms with E-state index in [-0.39, 0.29) is 17.1 Å². The van der Waals surface area contributed by atoms with E-state index in [1.807, 2.05) is 30.3 Å². The third kappa shape index (κ3) is 8.72. The molecule has 0 fully saturated rings. The first kappa shape index (κ1) is 13.4. The van der Waals surface area contributed by atoms with E-state index in [1.165, 1.54) is 0 Å². The summed E-state index contributed by atoms with van der Waals surface area (Å²) >= 11 is 0. The maximum absolute atomic E-state index is 8.99. The fraction of sp³-hybridized carbons (Fsp3) is 0.250. The molecule has 0 aliphatic rings. The molecule has 1 N–H and O–H groups in total. The van der Waals surface area contributed by atoms with Gasteiger partial charge in [0.15, 0.2) is 0 Å². The van der Waals surface area contributed by atoms with Gasteiger partial charge in [-0.1, -0.05) is 18.2 Å². The van der Waals surface area contributed by atoms with Crippen molar-refractivity contribution in [1.29, 1.82) is 0 Å². The van der Waals surface area contributed by atoms with Crippen LogP contribution in [0.15, 0.2) is 30.3 Å². The van der Waals surface area contributed by atoms with Crippen LogP contribution in [-0.4, -0.2) is 33.9 Å². The SMILES string of the molecule is O=[N+]([O-])O[SiH3].OCCOc1ccccc1. The second-order valence-corrected chi connectivity index (χ2v) is 2.66. The van der Waals surface area contributed by atoms with Crippen molar-refractivity contribution in [2.24, 2.45) is 0 Å². The van der Waals surface area contributed by atoms with E-state index >= 15 is 0 Å². The molecule has 0 amide bonds. The lowest BCUT2D eigenvalue weighted by Crippen LogP contribution is -2.00. The zero-order valence-corrected chi connectivity index (χ0v) is 10.3. The summed E-state index contributed by atoms with van der Waals surface area (Å²) in [5.74, 6) is 0.802. The van der Waals surface area contributed by atoms with Crippen LogP contribution in [0.2, 0.25) is 0 Å². The van der Waals surface area contributed by atoms with Crippen molar-refractivity contribution >= 4 is 10.5 Å². The van der Waals surface area contributed by atoms with Gasteiger partial charge in [0.05, 0.1) is 6.61 Å². The summed E-state index contributed by atoms with van der Waals surface area (Å²) in [5.41, 5.74) is 0. The van der Waals surface area contributed by atoms with Crippen molar-refractivity contribution in [1.82, 2.24) is 0 Å². The average molecular weight is 231 g/mol. The number of aliphatic hydroxyl groups is 1. The molecule has 0 aliphatic carbocycles. The third-order valence-corrected chi connectivity index (χ3v) is 1.55. The molecular formula is C8H13NO5Si. The van der Waals surface area contributed by atoms with Gasteiger partial charge in [0.25, 0.3) is 5.09 Å². The number of nitrogens with zero attached hydrogens (tertiary/aromatic N) is 1. The van der Waals surface area contributed by atoms with Gasteiger partial charge >= 0.3 is 0 Å². The molecule has 84 valence electrons. The summed E-state index contributed by atoms with van der Waals surface area (Å²) in [4.78, 5) is 8.99. The van der Waals surface area contributed by atoms with Crippen molar-refractivity contribution in [2.45, 2.75) is 0 Å². The van der Waals surface area contributed by atoms with E-state index in [2.05, 4.69) is 4.53 Å². The number of ether oxygens (including phenoxy) is 1. The van der Waals surface area contributed by atoms with Crippen LogP contribution in [-0.2, 0) is 4.53 Å². The minimum absolute atomic E-state index is 0.0644. The molecule has 0 radical (unpaired) electrons. The van der Waals surface area contributed by atoms with Gasteiger partial charge in [-0.3, -0.25) is 0 Å². The van der Waals surface area contributed by atoms with Gasteiger partial charge in [-0.15, -0.1) is 10.1 Å². The van der Waals surface area contributed by atoms with Gasteiger partial charge in [-0.25, -0.2) is 0 Å². The van der Waals surface area contributed by atoms with Crippen molar-refractivity contribution in [3.63, 3.8) is 0 Å². The minimum Gasteiger partial charge on any atom is -0.491 e. The van der Waals surface area contributed by atoms with Crippen LogP contribution in [0.5, 0.6) is 5.75 Å². The lowest BCUT2D eigenvalue weighted by Gasteiger charge is -2.01. The smallest absolute Gasteiger partial charge is 0.283 e. The van der Waals surface area contributed by atoms with Gasteiger partial charge in [-0.05, 0) is 12.1 Å². The second-order valence-electron chi connectivity index (χ2n) is 2.29. The Morgan fingerprint density at radius 1 is 1.40 bits per heavy atom. The van der Waals surface area contributed by atoms with E-state index in [0.29, 0.717) is 6.61 Å². The first-order chi connectivity index (χ1) is 7.20. The summed E-state index contributed by atoms with van der Waals surface area (Å²) in [6.07, 6.45) is 0. The fourth-order valence-electron chi connectivity index (χ4n) is 0.680. The van der Waals surface area contributed by atoms with Crippen LogP contribution in [0.25, 0.3) is 0 Å². The lowest BCUT2D eigenvalue weighted by atomic mass is 10.3. The van der Waals surface area contributed by atoms with Crippen LogP contribution in [0.3, 0.4) is 0 Å². The fourth-order valence-corrected chi connectivity index (χ4v) is 0.680. The predicted molar refractivity (Wildman–Crippen MR) is 57.0 cm³/mol. The molecule has 6 nitrogen and oxygen atoms in total. The Labute approximate surface area is 90.1 Å². The van der Waals surface area contributed by atoms with Crippen LogP contribution >= 0.6 is 0 Å². The molecule has 0 atom stereocenters. The molecule has 0 bridgehead atoms. The Hall–Kier alpha value is -1.60. The molecule has 0 aliphatic heterocycles. The number of benzene rings is 1. The maximum atomic E-state index is 8.99. The molecule has 0 spiro atoms. The largest absolute Gasteiger partial charge is 0.491 e. The van der Waals surface area contributed by atoms with Crippen LogP contribution in [0.4, 0.5) is 0 Å². The number of hydrogen-bond donors (Lipinski definition) is 1. The van der Waals surface area contributed by atoms with Crippen molar-refractivity contribution < 1.29 is 19.5 Å². The average Bonchev–Trinajstić information content (AvgIpc) is 2.28. The highest BCUT2D eigenvalue weighted by atomic mass is 28.2. The van der Waals surface area contributed by atoms with E-state index in [4.69, 9.17) is 20.0 Å². The summed E-state index contributed by atoms with van der Waals surface area (Å²) < 4.78 is 8.72. The summed E-state index contributed by atoms with van der Waals surface area (Å²) in [7, 11) is 0.174. The van der Waals surface area contributed by atoms with Crippen LogP contribution < -0.4 is 4.74 Å². The van der Waals surface area contributed by atoms with Crippen molar-refractivity contribution in [3.05, 3.63) is 40.4 Å². The molecule has 1 rings (SSSR count). The Morgan fingerprint density at radius 2 is 1.93 bits per heavy atom. The van der Waals surface area contributed by atoms with E-state index in [1.54, 1.807) is 0 Å². The quantitative estimate of drug-likeness (QED) is 0.430. The Kier molecular flexibility index (Phi) is 8.01. The molecular weight excluding hydrogens is 218 g/mol.